The van der Waals surface area contributed by atoms with Crippen molar-refractivity contribution in [1.29, 1.82) is 0 Å². The fourth-order valence-electron chi connectivity index (χ4n) is 1.08. The molecular weight excluding hydrogens is 277 g/mol. The number of benzene rings is 1. The number of nitrogens with one attached hydrogen (secondary N) is 1. The number of esters is 1. The summed E-state index contributed by atoms with van der Waals surface area (Å²) in [5.74, 6) is -1.40. The first kappa shape index (κ1) is 14.9. The standard InChI is InChI=1S/C11H11ClFN3O3/c1-2-19-11(17)10(6-14-18)16-15-7-3-4-8(12)9(13)5-7/h3-6,15,18H,2H2,1H3/b14-6+,16-10+. The molecule has 0 heterocycles. The molecule has 0 aliphatic rings. The fourth-order valence-corrected chi connectivity index (χ4v) is 1.19. The number of hydrogen-bond acceptors (Lipinski definition) is 6. The van der Waals surface area contributed by atoms with Gasteiger partial charge in [-0.2, -0.15) is 5.10 Å². The largest absolute Gasteiger partial charge is 0.461 e. The molecule has 0 fully saturated rings. The van der Waals surface area contributed by atoms with Gasteiger partial charge >= 0.3 is 5.97 Å². The Bertz CT molecular complexity index is 520. The van der Waals surface area contributed by atoms with Gasteiger partial charge < -0.3 is 9.94 Å². The topological polar surface area (TPSA) is 83.3 Å². The third-order valence-corrected chi connectivity index (χ3v) is 2.20. The highest BCUT2D eigenvalue weighted by molar-refractivity contribution is 6.59. The highest BCUT2D eigenvalue weighted by atomic mass is 35.5. The van der Waals surface area contributed by atoms with Gasteiger partial charge in [0.1, 0.15) is 12.0 Å². The van der Waals surface area contributed by atoms with Crippen molar-refractivity contribution in [3.63, 3.8) is 0 Å². The van der Waals surface area contributed by atoms with Crippen molar-refractivity contribution in [2.75, 3.05) is 12.0 Å². The van der Waals surface area contributed by atoms with E-state index in [-0.39, 0.29) is 23.0 Å². The lowest BCUT2D eigenvalue weighted by Crippen LogP contribution is -2.20. The van der Waals surface area contributed by atoms with Crippen LogP contribution in [0.3, 0.4) is 0 Å². The molecule has 0 radical (unpaired) electrons. The lowest BCUT2D eigenvalue weighted by atomic mass is 10.3. The van der Waals surface area contributed by atoms with E-state index >= 15 is 0 Å². The first-order valence-corrected chi connectivity index (χ1v) is 5.59. The molecule has 0 bridgehead atoms. The van der Waals surface area contributed by atoms with Crippen LogP contribution in [0.25, 0.3) is 0 Å². The van der Waals surface area contributed by atoms with E-state index in [1.807, 2.05) is 0 Å². The van der Waals surface area contributed by atoms with Crippen LogP contribution in [0.4, 0.5) is 10.1 Å². The maximum Gasteiger partial charge on any atom is 0.360 e. The van der Waals surface area contributed by atoms with Crippen LogP contribution in [0.15, 0.2) is 28.5 Å². The summed E-state index contributed by atoms with van der Waals surface area (Å²) in [7, 11) is 0. The second-order valence-corrected chi connectivity index (χ2v) is 3.61. The Hall–Kier alpha value is -2.15. The van der Waals surface area contributed by atoms with Gasteiger partial charge in [-0.25, -0.2) is 9.18 Å². The van der Waals surface area contributed by atoms with Crippen molar-refractivity contribution < 1.29 is 19.1 Å². The third-order valence-electron chi connectivity index (χ3n) is 1.89. The minimum absolute atomic E-state index is 0.0305. The normalized spacial score (nSPS) is 11.6. The maximum atomic E-state index is 13.2. The number of oxime groups is 1. The van der Waals surface area contributed by atoms with Gasteiger partial charge in [0.2, 0.25) is 0 Å². The molecule has 0 amide bonds. The van der Waals surface area contributed by atoms with Crippen LogP contribution in [-0.4, -0.2) is 29.7 Å². The van der Waals surface area contributed by atoms with E-state index in [4.69, 9.17) is 16.8 Å². The molecule has 0 aromatic heterocycles. The molecule has 0 spiro atoms. The number of anilines is 1. The van der Waals surface area contributed by atoms with Crippen molar-refractivity contribution in [3.8, 4) is 0 Å². The van der Waals surface area contributed by atoms with E-state index in [2.05, 4.69) is 20.4 Å². The monoisotopic (exact) mass is 287 g/mol. The number of nitrogens with zero attached hydrogens (tertiary/aromatic N) is 2. The van der Waals surface area contributed by atoms with E-state index in [1.54, 1.807) is 6.92 Å². The van der Waals surface area contributed by atoms with Crippen LogP contribution in [0.2, 0.25) is 5.02 Å². The van der Waals surface area contributed by atoms with Gasteiger partial charge in [-0.05, 0) is 19.1 Å². The lowest BCUT2D eigenvalue weighted by Gasteiger charge is -2.04. The lowest BCUT2D eigenvalue weighted by molar-refractivity contribution is -0.134. The molecule has 19 heavy (non-hydrogen) atoms. The third kappa shape index (κ3) is 4.55. The first-order chi connectivity index (χ1) is 9.08. The summed E-state index contributed by atoms with van der Waals surface area (Å²) < 4.78 is 17.8. The molecule has 0 saturated carbocycles. The van der Waals surface area contributed by atoms with Crippen LogP contribution in [0.5, 0.6) is 0 Å². The Labute approximate surface area is 113 Å². The number of halogens is 2. The number of rotatable bonds is 5. The number of carbonyl (C=O) groups is 1. The van der Waals surface area contributed by atoms with Crippen molar-refractivity contribution in [2.45, 2.75) is 6.92 Å². The molecule has 102 valence electrons. The molecule has 1 aromatic carbocycles. The summed E-state index contributed by atoms with van der Waals surface area (Å²) in [6, 6.07) is 3.90. The van der Waals surface area contributed by atoms with Gasteiger partial charge in [-0.15, -0.1) is 0 Å². The highest BCUT2D eigenvalue weighted by Crippen LogP contribution is 2.18. The summed E-state index contributed by atoms with van der Waals surface area (Å²) in [5.41, 5.74) is 2.43. The van der Waals surface area contributed by atoms with Crippen molar-refractivity contribution >= 4 is 35.2 Å². The predicted octanol–water partition coefficient (Wildman–Crippen LogP) is 2.27. The second kappa shape index (κ2) is 7.32. The molecule has 0 aliphatic heterocycles. The Kier molecular flexibility index (Phi) is 5.74. The second-order valence-electron chi connectivity index (χ2n) is 3.20. The summed E-state index contributed by atoms with van der Waals surface area (Å²) in [6.07, 6.45) is 0.803. The van der Waals surface area contributed by atoms with Gasteiger partial charge in [-0.3, -0.25) is 5.43 Å². The number of ether oxygens (including phenoxy) is 1. The molecule has 1 rings (SSSR count). The first-order valence-electron chi connectivity index (χ1n) is 5.21. The quantitative estimate of drug-likeness (QED) is 0.377. The minimum atomic E-state index is -0.776. The van der Waals surface area contributed by atoms with Crippen LogP contribution < -0.4 is 5.43 Å². The predicted molar refractivity (Wildman–Crippen MR) is 69.4 cm³/mol. The van der Waals surface area contributed by atoms with Crippen molar-refractivity contribution in [3.05, 3.63) is 29.0 Å². The van der Waals surface area contributed by atoms with E-state index < -0.39 is 11.8 Å². The van der Waals surface area contributed by atoms with E-state index in [0.717, 1.165) is 12.3 Å². The molecule has 8 heteroatoms. The molecule has 0 atom stereocenters. The molecule has 0 unspecified atom stereocenters. The minimum Gasteiger partial charge on any atom is -0.461 e. The summed E-state index contributed by atoms with van der Waals surface area (Å²) in [4.78, 5) is 11.4. The number of hydrogen-bond donors (Lipinski definition) is 2. The fraction of sp³-hybridized carbons (Fsp3) is 0.182. The van der Waals surface area contributed by atoms with Crippen molar-refractivity contribution in [1.82, 2.24) is 0 Å². The zero-order chi connectivity index (χ0) is 14.3. The van der Waals surface area contributed by atoms with Gasteiger partial charge in [0.25, 0.3) is 0 Å². The highest BCUT2D eigenvalue weighted by Gasteiger charge is 2.10. The van der Waals surface area contributed by atoms with Gasteiger partial charge in [0.05, 0.1) is 17.3 Å². The Balaban J connectivity index is 2.85. The Morgan fingerprint density at radius 2 is 2.37 bits per heavy atom. The summed E-state index contributed by atoms with van der Waals surface area (Å²) >= 11 is 5.52. The SMILES string of the molecule is CCOC(=O)C(/C=N/O)=N/Nc1ccc(Cl)c(F)c1. The zero-order valence-corrected chi connectivity index (χ0v) is 10.7. The number of carbonyl (C=O) groups excluding carboxylic acids is 1. The van der Waals surface area contributed by atoms with Gasteiger partial charge in [0, 0.05) is 6.07 Å². The molecule has 0 aliphatic carbocycles. The van der Waals surface area contributed by atoms with Crippen molar-refractivity contribution in [2.24, 2.45) is 10.3 Å². The van der Waals surface area contributed by atoms with E-state index in [9.17, 15) is 9.18 Å². The van der Waals surface area contributed by atoms with Crippen LogP contribution in [0, 0.1) is 5.82 Å². The maximum absolute atomic E-state index is 13.2. The Morgan fingerprint density at radius 3 is 2.95 bits per heavy atom. The van der Waals surface area contributed by atoms with Gasteiger partial charge in [-0.1, -0.05) is 16.8 Å². The summed E-state index contributed by atoms with van der Waals surface area (Å²) in [6.45, 7) is 1.76. The molecule has 1 aromatic rings. The molecule has 2 N–H and O–H groups in total. The van der Waals surface area contributed by atoms with Gasteiger partial charge in [0.15, 0.2) is 5.71 Å². The zero-order valence-electron chi connectivity index (χ0n) is 9.93. The molecule has 6 nitrogen and oxygen atoms in total. The molecular formula is C11H11ClFN3O3. The Morgan fingerprint density at radius 1 is 1.63 bits per heavy atom. The van der Waals surface area contributed by atoms with Crippen LogP contribution in [0.1, 0.15) is 6.92 Å². The van der Waals surface area contributed by atoms with Crippen LogP contribution in [-0.2, 0) is 9.53 Å². The summed E-state index contributed by atoms with van der Waals surface area (Å²) in [5, 5.41) is 14.7. The number of hydrazone groups is 1. The molecule has 0 saturated heterocycles. The average Bonchev–Trinajstić information content (AvgIpc) is 2.38. The van der Waals surface area contributed by atoms with E-state index in [1.165, 1.54) is 12.1 Å². The van der Waals surface area contributed by atoms with E-state index in [0.29, 0.717) is 0 Å². The smallest absolute Gasteiger partial charge is 0.360 e. The van der Waals surface area contributed by atoms with Crippen LogP contribution >= 0.6 is 11.6 Å². The average molecular weight is 288 g/mol.